The van der Waals surface area contributed by atoms with Gasteiger partial charge in [-0.15, -0.1) is 6.58 Å². The Balaban J connectivity index is 1.57. The van der Waals surface area contributed by atoms with Crippen molar-refractivity contribution in [3.63, 3.8) is 0 Å². The number of rotatable bonds is 8. The first-order valence-corrected chi connectivity index (χ1v) is 14.5. The van der Waals surface area contributed by atoms with Crippen LogP contribution < -0.4 is 14.3 Å². The molecule has 0 spiro atoms. The first kappa shape index (κ1) is 28.3. The van der Waals surface area contributed by atoms with E-state index in [1.807, 2.05) is 16.7 Å². The molecule has 2 heterocycles. The lowest BCUT2D eigenvalue weighted by molar-refractivity contribution is 0.0933. The smallest absolute Gasteiger partial charge is 0.409 e. The average molecular weight is 575 g/mol. The van der Waals surface area contributed by atoms with Crippen LogP contribution in [0.5, 0.6) is 11.5 Å². The van der Waals surface area contributed by atoms with E-state index in [1.54, 1.807) is 27.2 Å². The molecule has 2 amide bonds. The number of hydrogen-bond acceptors (Lipinski definition) is 8. The third kappa shape index (κ3) is 5.84. The Kier molecular flexibility index (Phi) is 8.73. The van der Waals surface area contributed by atoms with Crippen molar-refractivity contribution in [2.75, 3.05) is 47.0 Å². The first-order chi connectivity index (χ1) is 18.7. The summed E-state index contributed by atoms with van der Waals surface area (Å²) in [5, 5.41) is 0. The number of hydrogen-bond donors (Lipinski definition) is 0. The van der Waals surface area contributed by atoms with Crippen molar-refractivity contribution in [3.05, 3.63) is 59.4 Å². The molecule has 1 saturated heterocycles. The third-order valence-corrected chi connectivity index (χ3v) is 9.15. The van der Waals surface area contributed by atoms with Gasteiger partial charge < -0.3 is 23.7 Å². The minimum absolute atomic E-state index is 0.0615. The van der Waals surface area contributed by atoms with E-state index in [0.717, 1.165) is 10.2 Å². The highest BCUT2D eigenvalue weighted by Crippen LogP contribution is 2.33. The molecule has 3 aromatic rings. The van der Waals surface area contributed by atoms with E-state index in [-0.39, 0.29) is 43.2 Å². The Bertz CT molecular complexity index is 1550. The molecule has 11 nitrogen and oxygen atoms in total. The van der Waals surface area contributed by atoms with Gasteiger partial charge in [0.1, 0.15) is 0 Å². The predicted octanol–water partition coefficient (Wildman–Crippen LogP) is 3.11. The van der Waals surface area contributed by atoms with E-state index in [1.165, 1.54) is 44.8 Å². The van der Waals surface area contributed by atoms with Crippen LogP contribution in [0, 0.1) is 0 Å². The molecule has 39 heavy (non-hydrogen) atoms. The van der Waals surface area contributed by atoms with E-state index in [2.05, 4.69) is 11.6 Å². The van der Waals surface area contributed by atoms with Crippen molar-refractivity contribution in [2.45, 2.75) is 18.4 Å². The molecule has 208 valence electrons. The summed E-state index contributed by atoms with van der Waals surface area (Å²) in [5.41, 5.74) is 1.06. The number of methoxy groups -OCH3 is 2. The van der Waals surface area contributed by atoms with Crippen molar-refractivity contribution >= 4 is 43.6 Å². The summed E-state index contributed by atoms with van der Waals surface area (Å²) in [6.07, 6.45) is 1.26. The van der Waals surface area contributed by atoms with Crippen LogP contribution in [0.4, 0.5) is 4.79 Å². The number of carbonyl (C=O) groups is 2. The molecule has 0 radical (unpaired) electrons. The molecule has 0 atom stereocenters. The van der Waals surface area contributed by atoms with Gasteiger partial charge in [0.05, 0.1) is 35.9 Å². The zero-order valence-corrected chi connectivity index (χ0v) is 23.6. The molecule has 1 aromatic heterocycles. The minimum atomic E-state index is -3.79. The highest BCUT2D eigenvalue weighted by molar-refractivity contribution is 7.89. The number of sulfonamides is 1. The molecule has 4 rings (SSSR count). The van der Waals surface area contributed by atoms with Crippen molar-refractivity contribution < 1.29 is 32.2 Å². The molecule has 13 heteroatoms. The summed E-state index contributed by atoms with van der Waals surface area (Å²) >= 11 is 1.32. The number of nitrogens with zero attached hydrogens (tertiary/aromatic N) is 4. The monoisotopic (exact) mass is 574 g/mol. The zero-order valence-electron chi connectivity index (χ0n) is 22.0. The second-order valence-electron chi connectivity index (χ2n) is 8.49. The summed E-state index contributed by atoms with van der Waals surface area (Å²) < 4.78 is 46.1. The molecule has 1 aliphatic heterocycles. The topological polar surface area (TPSA) is 120 Å². The van der Waals surface area contributed by atoms with E-state index in [0.29, 0.717) is 22.8 Å². The van der Waals surface area contributed by atoms with Gasteiger partial charge in [-0.2, -0.15) is 9.30 Å². The number of aromatic nitrogens is 1. The van der Waals surface area contributed by atoms with Crippen LogP contribution >= 0.6 is 11.3 Å². The fourth-order valence-electron chi connectivity index (χ4n) is 4.18. The van der Waals surface area contributed by atoms with Crippen molar-refractivity contribution in [2.24, 2.45) is 4.99 Å². The molecule has 0 aliphatic carbocycles. The Morgan fingerprint density at radius 2 is 1.69 bits per heavy atom. The number of ether oxygens (including phenoxy) is 3. The maximum Gasteiger partial charge on any atom is 0.409 e. The molecule has 1 fully saturated rings. The number of allylic oxidation sites excluding steroid dienone is 1. The molecule has 0 N–H and O–H groups in total. The van der Waals surface area contributed by atoms with Gasteiger partial charge >= 0.3 is 6.09 Å². The SMILES string of the molecule is C=CCn1c(=NC(=O)c2ccc(S(=O)(=O)N3CCN(C(=O)OCC)CC3)cc2)sc2cc(OC)c(OC)cc21. The second-order valence-corrected chi connectivity index (χ2v) is 11.4. The average Bonchev–Trinajstić information content (AvgIpc) is 3.28. The van der Waals surface area contributed by atoms with Gasteiger partial charge in [0, 0.05) is 50.4 Å². The van der Waals surface area contributed by atoms with Gasteiger partial charge in [-0.25, -0.2) is 13.2 Å². The van der Waals surface area contributed by atoms with Crippen LogP contribution in [0.25, 0.3) is 10.2 Å². The number of fused-ring (bicyclic) bond motifs is 1. The third-order valence-electron chi connectivity index (χ3n) is 6.20. The summed E-state index contributed by atoms with van der Waals surface area (Å²) in [7, 11) is -0.689. The van der Waals surface area contributed by atoms with E-state index < -0.39 is 22.0 Å². The lowest BCUT2D eigenvalue weighted by atomic mass is 10.2. The fraction of sp³-hybridized carbons (Fsp3) is 0.346. The van der Waals surface area contributed by atoms with E-state index in [9.17, 15) is 18.0 Å². The first-order valence-electron chi connectivity index (χ1n) is 12.2. The maximum atomic E-state index is 13.1. The maximum absolute atomic E-state index is 13.1. The predicted molar refractivity (Wildman–Crippen MR) is 147 cm³/mol. The molecular weight excluding hydrogens is 544 g/mol. The quantitative estimate of drug-likeness (QED) is 0.379. The minimum Gasteiger partial charge on any atom is -0.493 e. The van der Waals surface area contributed by atoms with Crippen LogP contribution in [0.2, 0.25) is 0 Å². The number of piperazine rings is 1. The molecule has 1 aliphatic rings. The van der Waals surface area contributed by atoms with Gasteiger partial charge in [-0.1, -0.05) is 17.4 Å². The van der Waals surface area contributed by atoms with Gasteiger partial charge in [0.25, 0.3) is 5.91 Å². The number of amides is 2. The number of thiazole rings is 1. The van der Waals surface area contributed by atoms with Crippen LogP contribution in [0.15, 0.2) is 58.9 Å². The summed E-state index contributed by atoms with van der Waals surface area (Å²) in [5.74, 6) is 0.608. The highest BCUT2D eigenvalue weighted by Gasteiger charge is 2.30. The summed E-state index contributed by atoms with van der Waals surface area (Å²) in [6, 6.07) is 9.34. The Hall–Kier alpha value is -3.68. The molecule has 0 bridgehead atoms. The van der Waals surface area contributed by atoms with Gasteiger partial charge in [-0.05, 0) is 31.2 Å². The lowest BCUT2D eigenvalue weighted by Gasteiger charge is -2.33. The number of benzene rings is 2. The fourth-order valence-corrected chi connectivity index (χ4v) is 6.65. The van der Waals surface area contributed by atoms with Crippen LogP contribution in [0.1, 0.15) is 17.3 Å². The summed E-state index contributed by atoms with van der Waals surface area (Å²) in [4.78, 5) is 31.3. The van der Waals surface area contributed by atoms with E-state index in [4.69, 9.17) is 14.2 Å². The standard InChI is InChI=1S/C26H30N4O7S2/c1-5-11-30-20-16-21(35-3)22(36-4)17-23(20)38-25(30)27-24(31)18-7-9-19(10-8-18)39(33,34)29-14-12-28(13-15-29)26(32)37-6-2/h5,7-10,16-17H,1,6,11-15H2,2-4H3. The van der Waals surface area contributed by atoms with Gasteiger partial charge in [0.15, 0.2) is 16.3 Å². The zero-order chi connectivity index (χ0) is 28.2. The Morgan fingerprint density at radius 3 is 2.28 bits per heavy atom. The molecule has 0 unspecified atom stereocenters. The lowest BCUT2D eigenvalue weighted by Crippen LogP contribution is -2.50. The van der Waals surface area contributed by atoms with Crippen LogP contribution in [0.3, 0.4) is 0 Å². The Labute approximate surface area is 230 Å². The molecule has 0 saturated carbocycles. The van der Waals surface area contributed by atoms with Crippen molar-refractivity contribution in [3.8, 4) is 11.5 Å². The van der Waals surface area contributed by atoms with E-state index >= 15 is 0 Å². The summed E-state index contributed by atoms with van der Waals surface area (Å²) in [6.45, 7) is 6.99. The molecule has 2 aromatic carbocycles. The van der Waals surface area contributed by atoms with Gasteiger partial charge in [0.2, 0.25) is 10.0 Å². The van der Waals surface area contributed by atoms with Crippen LogP contribution in [-0.4, -0.2) is 81.2 Å². The molecular formula is C26H30N4O7S2. The normalized spacial score (nSPS) is 14.8. The largest absolute Gasteiger partial charge is 0.493 e. The number of carbonyl (C=O) groups excluding carboxylic acids is 2. The van der Waals surface area contributed by atoms with Crippen molar-refractivity contribution in [1.29, 1.82) is 0 Å². The van der Waals surface area contributed by atoms with Crippen molar-refractivity contribution in [1.82, 2.24) is 13.8 Å². The van der Waals surface area contributed by atoms with Gasteiger partial charge in [-0.3, -0.25) is 4.79 Å². The highest BCUT2D eigenvalue weighted by atomic mass is 32.2. The second kappa shape index (κ2) is 12.0. The Morgan fingerprint density at radius 1 is 1.05 bits per heavy atom. The van der Waals surface area contributed by atoms with Crippen LogP contribution in [-0.2, 0) is 21.3 Å².